The second kappa shape index (κ2) is 17.2. The molecule has 0 aliphatic rings. The molecule has 0 spiro atoms. The third kappa shape index (κ3) is 11.7. The van der Waals surface area contributed by atoms with Crippen LogP contribution >= 0.6 is 0 Å². The van der Waals surface area contributed by atoms with Crippen molar-refractivity contribution in [2.45, 2.75) is 103 Å². The van der Waals surface area contributed by atoms with Crippen molar-refractivity contribution in [2.75, 3.05) is 19.6 Å². The smallest absolute Gasteiger partial charge is 0.246 e. The average Bonchev–Trinajstić information content (AvgIpc) is 2.82. The first-order chi connectivity index (χ1) is 16.0. The normalized spacial score (nSPS) is 11.2. The van der Waals surface area contributed by atoms with Crippen LogP contribution < -0.4 is 0 Å². The summed E-state index contributed by atoms with van der Waals surface area (Å²) < 4.78 is 0. The van der Waals surface area contributed by atoms with Crippen LogP contribution in [0.1, 0.15) is 97.8 Å². The number of unbranched alkanes of at least 4 members (excludes halogenated alkanes) is 3. The Morgan fingerprint density at radius 2 is 0.941 bits per heavy atom. The van der Waals surface area contributed by atoms with Crippen molar-refractivity contribution < 1.29 is 34.9 Å². The van der Waals surface area contributed by atoms with Crippen LogP contribution in [0.4, 0.5) is 0 Å². The van der Waals surface area contributed by atoms with Crippen LogP contribution in [-0.4, -0.2) is 78.6 Å². The summed E-state index contributed by atoms with van der Waals surface area (Å²) in [6.45, 7) is 5.97. The van der Waals surface area contributed by atoms with Gasteiger partial charge >= 0.3 is 0 Å². The molecule has 0 radical (unpaired) electrons. The minimum Gasteiger partial charge on any atom is -0.286 e. The summed E-state index contributed by atoms with van der Waals surface area (Å²) in [6, 6.07) is 0. The molecule has 12 heteroatoms. The average molecular weight is 491 g/mol. The minimum atomic E-state index is -1.82. The molecule has 0 fully saturated rings. The zero-order chi connectivity index (χ0) is 26.1. The van der Waals surface area contributed by atoms with E-state index in [0.717, 1.165) is 19.3 Å². The Labute approximate surface area is 201 Å². The number of hydrogen-bond donors (Lipinski definition) is 3. The fraction of sp³-hybridized carbons (Fsp3) is 0.864. The number of hydrogen-bond acceptors (Lipinski definition) is 8. The molecule has 0 aliphatic carbocycles. The van der Waals surface area contributed by atoms with E-state index in [1.54, 1.807) is 0 Å². The SMILES string of the molecule is CCCCN(O)C(=O)CCC(CCC(=O)N(O)CCCC)(CCC(=O)N(O)CCCC)[N+](=O)[O-]. The molecule has 0 aromatic carbocycles. The number of nitro groups is 1. The fourth-order valence-electron chi connectivity index (χ4n) is 3.35. The lowest BCUT2D eigenvalue weighted by molar-refractivity contribution is -0.573. The largest absolute Gasteiger partial charge is 0.286 e. The quantitative estimate of drug-likeness (QED) is 0.141. The van der Waals surface area contributed by atoms with Crippen LogP contribution in [0.3, 0.4) is 0 Å². The molecule has 0 saturated heterocycles. The van der Waals surface area contributed by atoms with Crippen molar-refractivity contribution in [3.05, 3.63) is 10.1 Å². The number of carbonyl (C=O) groups is 3. The lowest BCUT2D eigenvalue weighted by atomic mass is 9.84. The second-order valence-corrected chi connectivity index (χ2v) is 8.59. The fourth-order valence-corrected chi connectivity index (χ4v) is 3.35. The summed E-state index contributed by atoms with van der Waals surface area (Å²) >= 11 is 0. The van der Waals surface area contributed by atoms with Crippen LogP contribution in [-0.2, 0) is 14.4 Å². The maximum Gasteiger partial charge on any atom is 0.246 e. The van der Waals surface area contributed by atoms with Crippen molar-refractivity contribution in [3.63, 3.8) is 0 Å². The highest BCUT2D eigenvalue weighted by atomic mass is 16.6. The highest BCUT2D eigenvalue weighted by Crippen LogP contribution is 2.30. The van der Waals surface area contributed by atoms with Gasteiger partial charge in [-0.2, -0.15) is 0 Å². The number of nitrogens with zero attached hydrogens (tertiary/aromatic N) is 4. The van der Waals surface area contributed by atoms with Gasteiger partial charge in [0.05, 0.1) is 0 Å². The highest BCUT2D eigenvalue weighted by molar-refractivity contribution is 5.76. The molecule has 0 heterocycles. The van der Waals surface area contributed by atoms with Crippen molar-refractivity contribution in [1.82, 2.24) is 15.2 Å². The van der Waals surface area contributed by atoms with E-state index in [4.69, 9.17) is 0 Å². The Balaban J connectivity index is 5.44. The molecular weight excluding hydrogens is 448 g/mol. The maximum atomic E-state index is 12.3. The van der Waals surface area contributed by atoms with Crippen LogP contribution in [0.25, 0.3) is 0 Å². The monoisotopic (exact) mass is 490 g/mol. The van der Waals surface area contributed by atoms with Gasteiger partial charge < -0.3 is 0 Å². The molecule has 0 bridgehead atoms. The van der Waals surface area contributed by atoms with Crippen LogP contribution in [0.5, 0.6) is 0 Å². The third-order valence-corrected chi connectivity index (χ3v) is 5.83. The van der Waals surface area contributed by atoms with E-state index in [9.17, 15) is 40.1 Å². The summed E-state index contributed by atoms with van der Waals surface area (Å²) in [5.74, 6) is -2.05. The molecule has 0 aromatic rings. The summed E-state index contributed by atoms with van der Waals surface area (Å²) in [5, 5.41) is 43.3. The van der Waals surface area contributed by atoms with Crippen molar-refractivity contribution >= 4 is 17.7 Å². The molecule has 0 aliphatic heterocycles. The molecule has 34 heavy (non-hydrogen) atoms. The van der Waals surface area contributed by atoms with Gasteiger partial charge in [0.25, 0.3) is 0 Å². The Hall–Kier alpha value is -2.31. The van der Waals surface area contributed by atoms with Gasteiger partial charge in [0.2, 0.25) is 23.3 Å². The van der Waals surface area contributed by atoms with E-state index in [-0.39, 0.29) is 58.2 Å². The second-order valence-electron chi connectivity index (χ2n) is 8.59. The van der Waals surface area contributed by atoms with Crippen LogP contribution in [0.15, 0.2) is 0 Å². The number of carbonyl (C=O) groups excluding carboxylic acids is 3. The van der Waals surface area contributed by atoms with Gasteiger partial charge in [-0.15, -0.1) is 0 Å². The first kappa shape index (κ1) is 31.7. The number of amides is 3. The molecule has 0 aromatic heterocycles. The molecule has 12 nitrogen and oxygen atoms in total. The molecule has 198 valence electrons. The Morgan fingerprint density at radius 3 is 1.15 bits per heavy atom. The summed E-state index contributed by atoms with van der Waals surface area (Å²) in [5.41, 5.74) is -1.82. The summed E-state index contributed by atoms with van der Waals surface area (Å²) in [6.07, 6.45) is 2.01. The van der Waals surface area contributed by atoms with E-state index >= 15 is 0 Å². The van der Waals surface area contributed by atoms with Crippen molar-refractivity contribution in [2.24, 2.45) is 0 Å². The molecular formula is C22H42N4O8. The number of rotatable bonds is 19. The lowest BCUT2D eigenvalue weighted by Crippen LogP contribution is -2.43. The Kier molecular flexibility index (Phi) is 16.0. The zero-order valence-corrected chi connectivity index (χ0v) is 20.8. The minimum absolute atomic E-state index is 0.103. The standard InChI is InChI=1S/C22H42N4O8/c1-4-7-16-23(30)19(27)10-13-22(26(33)34,14-11-20(28)24(31)17-8-5-2)15-12-21(29)25(32)18-9-6-3/h30-32H,4-18H2,1-3H3. The lowest BCUT2D eigenvalue weighted by Gasteiger charge is -2.27. The molecule has 3 amide bonds. The molecule has 0 saturated carbocycles. The Bertz CT molecular complexity index is 572. The van der Waals surface area contributed by atoms with Crippen LogP contribution in [0, 0.1) is 10.1 Å². The van der Waals surface area contributed by atoms with E-state index < -0.39 is 28.2 Å². The first-order valence-electron chi connectivity index (χ1n) is 12.2. The van der Waals surface area contributed by atoms with Gasteiger partial charge in [0.1, 0.15) is 0 Å². The van der Waals surface area contributed by atoms with Crippen molar-refractivity contribution in [3.8, 4) is 0 Å². The van der Waals surface area contributed by atoms with Gasteiger partial charge in [-0.3, -0.25) is 40.1 Å². The van der Waals surface area contributed by atoms with E-state index in [1.165, 1.54) is 0 Å². The van der Waals surface area contributed by atoms with Gasteiger partial charge in [-0.25, -0.2) is 15.2 Å². The van der Waals surface area contributed by atoms with Crippen molar-refractivity contribution in [1.29, 1.82) is 0 Å². The molecule has 0 rings (SSSR count). The van der Waals surface area contributed by atoms with Gasteiger partial charge in [0, 0.05) is 63.1 Å². The maximum absolute atomic E-state index is 12.3. The molecule has 0 atom stereocenters. The first-order valence-corrected chi connectivity index (χ1v) is 12.2. The van der Waals surface area contributed by atoms with Crippen LogP contribution in [0.2, 0.25) is 0 Å². The van der Waals surface area contributed by atoms with E-state index in [0.29, 0.717) is 34.5 Å². The van der Waals surface area contributed by atoms with E-state index in [2.05, 4.69) is 0 Å². The molecule has 3 N–H and O–H groups in total. The van der Waals surface area contributed by atoms with Gasteiger partial charge in [0.15, 0.2) is 0 Å². The predicted molar refractivity (Wildman–Crippen MR) is 123 cm³/mol. The van der Waals surface area contributed by atoms with E-state index in [1.807, 2.05) is 20.8 Å². The predicted octanol–water partition coefficient (Wildman–Crippen LogP) is 3.40. The zero-order valence-electron chi connectivity index (χ0n) is 20.8. The number of hydroxylamine groups is 6. The summed E-state index contributed by atoms with van der Waals surface area (Å²) in [4.78, 5) is 48.3. The highest BCUT2D eigenvalue weighted by Gasteiger charge is 2.44. The van der Waals surface area contributed by atoms with Gasteiger partial charge in [-0.1, -0.05) is 40.0 Å². The van der Waals surface area contributed by atoms with Gasteiger partial charge in [-0.05, 0) is 19.3 Å². The Morgan fingerprint density at radius 1 is 0.676 bits per heavy atom. The summed E-state index contributed by atoms with van der Waals surface area (Å²) in [7, 11) is 0. The third-order valence-electron chi connectivity index (χ3n) is 5.83. The molecule has 0 unspecified atom stereocenters. The topological polar surface area (TPSA) is 165 Å².